The average molecular weight is 365 g/mol. The lowest BCUT2D eigenvalue weighted by atomic mass is 10.1. The number of hydrogen-bond acceptors (Lipinski definition) is 5. The summed E-state index contributed by atoms with van der Waals surface area (Å²) in [5, 5.41) is 8.94. The number of carboxylic acids is 1. The van der Waals surface area contributed by atoms with Gasteiger partial charge < -0.3 is 14.7 Å². The van der Waals surface area contributed by atoms with Crippen molar-refractivity contribution in [2.75, 3.05) is 19.7 Å². The Morgan fingerprint density at radius 2 is 2.11 bits per heavy atom. The Hall–Kier alpha value is -3.07. The highest BCUT2D eigenvalue weighted by Gasteiger charge is 2.19. The molecule has 0 fully saturated rings. The van der Waals surface area contributed by atoms with Crippen LogP contribution in [0.25, 0.3) is 0 Å². The normalized spacial score (nSPS) is 12.1. The Bertz CT molecular complexity index is 820. The van der Waals surface area contributed by atoms with Crippen molar-refractivity contribution in [3.8, 4) is 5.88 Å². The molecule has 3 rings (SSSR count). The molecule has 1 aromatic carbocycles. The lowest BCUT2D eigenvalue weighted by Crippen LogP contribution is -2.33. The molecule has 6 nitrogen and oxygen atoms in total. The van der Waals surface area contributed by atoms with Crippen LogP contribution in [0.5, 0.6) is 5.88 Å². The van der Waals surface area contributed by atoms with Crippen LogP contribution in [-0.4, -0.2) is 46.5 Å². The van der Waals surface area contributed by atoms with E-state index in [1.54, 1.807) is 0 Å². The predicted molar refractivity (Wildman–Crippen MR) is 103 cm³/mol. The number of carbonyl (C=O) groups is 1. The first-order valence-corrected chi connectivity index (χ1v) is 9.24. The van der Waals surface area contributed by atoms with Crippen molar-refractivity contribution in [2.24, 2.45) is 4.99 Å². The van der Waals surface area contributed by atoms with Crippen LogP contribution in [0, 0.1) is 12.1 Å². The number of fused-ring (bicyclic) bond motifs is 1. The second-order valence-corrected chi connectivity index (χ2v) is 6.39. The summed E-state index contributed by atoms with van der Waals surface area (Å²) in [4.78, 5) is 21.9. The summed E-state index contributed by atoms with van der Waals surface area (Å²) in [6.07, 6.45) is 3.91. The van der Waals surface area contributed by atoms with Crippen molar-refractivity contribution in [1.82, 2.24) is 9.88 Å². The summed E-state index contributed by atoms with van der Waals surface area (Å²) in [6, 6.07) is 14.8. The maximum atomic E-state index is 10.9. The molecule has 1 aromatic heterocycles. The van der Waals surface area contributed by atoms with Gasteiger partial charge in [-0.1, -0.05) is 37.6 Å². The maximum Gasteiger partial charge on any atom is 0.363 e. The zero-order valence-electron chi connectivity index (χ0n) is 15.4. The van der Waals surface area contributed by atoms with Gasteiger partial charge in [0.05, 0.1) is 18.4 Å². The second-order valence-electron chi connectivity index (χ2n) is 6.39. The smallest absolute Gasteiger partial charge is 0.363 e. The third-order valence-electron chi connectivity index (χ3n) is 4.37. The number of aliphatic imine (C=N–C) groups is 1. The van der Waals surface area contributed by atoms with E-state index in [1.807, 2.05) is 12.1 Å². The van der Waals surface area contributed by atoms with Gasteiger partial charge in [0.15, 0.2) is 0 Å². The van der Waals surface area contributed by atoms with Gasteiger partial charge in [-0.25, -0.2) is 9.79 Å². The first kappa shape index (κ1) is 18.7. The molecule has 0 saturated heterocycles. The summed E-state index contributed by atoms with van der Waals surface area (Å²) < 4.78 is 5.58. The minimum Gasteiger partial charge on any atom is -0.477 e. The molecule has 0 aliphatic carbocycles. The fourth-order valence-electron chi connectivity index (χ4n) is 2.96. The third-order valence-corrected chi connectivity index (χ3v) is 4.37. The number of para-hydroxylation sites is 1. The first-order chi connectivity index (χ1) is 13.2. The number of nitrogens with zero attached hydrogens (tertiary/aromatic N) is 3. The zero-order valence-corrected chi connectivity index (χ0v) is 15.4. The molecule has 1 aliphatic rings. The molecular weight excluding hydrogens is 342 g/mol. The van der Waals surface area contributed by atoms with Gasteiger partial charge in [-0.05, 0) is 30.5 Å². The molecule has 0 saturated carbocycles. The van der Waals surface area contributed by atoms with Gasteiger partial charge in [0.25, 0.3) is 0 Å². The number of carboxylic acid groups (broad SMARTS) is 1. The number of benzene rings is 1. The van der Waals surface area contributed by atoms with Crippen molar-refractivity contribution in [3.63, 3.8) is 0 Å². The topological polar surface area (TPSA) is 75.0 Å². The van der Waals surface area contributed by atoms with E-state index in [1.165, 1.54) is 11.6 Å². The van der Waals surface area contributed by atoms with Crippen LogP contribution in [0.2, 0.25) is 0 Å². The van der Waals surface area contributed by atoms with E-state index in [0.29, 0.717) is 6.61 Å². The molecule has 0 unspecified atom stereocenters. The number of aromatic nitrogens is 1. The van der Waals surface area contributed by atoms with E-state index in [9.17, 15) is 4.79 Å². The van der Waals surface area contributed by atoms with Gasteiger partial charge in [0.2, 0.25) is 11.6 Å². The summed E-state index contributed by atoms with van der Waals surface area (Å²) in [6.45, 7) is 4.44. The summed E-state index contributed by atoms with van der Waals surface area (Å²) in [5.74, 6) is 0.233. The fourth-order valence-corrected chi connectivity index (χ4v) is 2.96. The quantitative estimate of drug-likeness (QED) is 0.688. The van der Waals surface area contributed by atoms with Crippen LogP contribution in [-0.2, 0) is 6.42 Å². The Labute approximate surface area is 159 Å². The highest BCUT2D eigenvalue weighted by molar-refractivity contribution is 5.92. The van der Waals surface area contributed by atoms with Crippen molar-refractivity contribution in [2.45, 2.75) is 32.6 Å². The number of unbranched alkanes of at least 4 members (excludes halogenated alkanes) is 1. The van der Waals surface area contributed by atoms with E-state index >= 15 is 0 Å². The van der Waals surface area contributed by atoms with Gasteiger partial charge in [0.1, 0.15) is 5.84 Å². The van der Waals surface area contributed by atoms with Gasteiger partial charge in [0, 0.05) is 19.5 Å². The van der Waals surface area contributed by atoms with Crippen molar-refractivity contribution >= 4 is 17.5 Å². The van der Waals surface area contributed by atoms with E-state index < -0.39 is 5.97 Å². The standard InChI is InChI=1S/C21H23N3O3/c1-2-3-12-24(19-15-16-8-4-5-9-17(16)22-19)13-7-14-27-20-11-6-10-18(23-20)21(25)26/h4-5,8-9,11H,2-3,7,12-15H2,1H3,(H,25,26). The highest BCUT2D eigenvalue weighted by atomic mass is 16.5. The van der Waals surface area contributed by atoms with Crippen LogP contribution in [0.15, 0.2) is 35.3 Å². The highest BCUT2D eigenvalue weighted by Crippen LogP contribution is 2.27. The van der Waals surface area contributed by atoms with Crippen LogP contribution in [0.4, 0.5) is 5.69 Å². The summed E-state index contributed by atoms with van der Waals surface area (Å²) in [5.41, 5.74) is 2.15. The lowest BCUT2D eigenvalue weighted by Gasteiger charge is -2.24. The molecule has 2 heterocycles. The van der Waals surface area contributed by atoms with E-state index in [2.05, 4.69) is 41.1 Å². The van der Waals surface area contributed by atoms with Crippen LogP contribution in [0.1, 0.15) is 42.2 Å². The molecular formula is C21H23N3O3. The van der Waals surface area contributed by atoms with Crippen LogP contribution < -0.4 is 4.74 Å². The maximum absolute atomic E-state index is 10.9. The molecule has 140 valence electrons. The molecule has 1 aliphatic heterocycles. The minimum atomic E-state index is -1.14. The first-order valence-electron chi connectivity index (χ1n) is 9.24. The zero-order chi connectivity index (χ0) is 19.1. The second kappa shape index (κ2) is 9.04. The van der Waals surface area contributed by atoms with E-state index in [-0.39, 0.29) is 11.6 Å². The van der Waals surface area contributed by atoms with E-state index in [4.69, 9.17) is 14.8 Å². The van der Waals surface area contributed by atoms with Crippen molar-refractivity contribution in [1.29, 1.82) is 0 Å². The molecule has 6 heteroatoms. The van der Waals surface area contributed by atoms with Crippen LogP contribution in [0.3, 0.4) is 0 Å². The van der Waals surface area contributed by atoms with Crippen LogP contribution >= 0.6 is 0 Å². The largest absolute Gasteiger partial charge is 0.477 e. The molecule has 0 atom stereocenters. The van der Waals surface area contributed by atoms with E-state index in [0.717, 1.165) is 50.3 Å². The predicted octanol–water partition coefficient (Wildman–Crippen LogP) is 3.54. The van der Waals surface area contributed by atoms with Gasteiger partial charge >= 0.3 is 5.97 Å². The fraction of sp³-hybridized carbons (Fsp3) is 0.381. The Morgan fingerprint density at radius 3 is 2.89 bits per heavy atom. The number of aromatic carboxylic acids is 1. The van der Waals surface area contributed by atoms with Crippen molar-refractivity contribution in [3.05, 3.63) is 53.7 Å². The van der Waals surface area contributed by atoms with Crippen molar-refractivity contribution < 1.29 is 14.6 Å². The average Bonchev–Trinajstić information content (AvgIpc) is 3.11. The molecule has 0 radical (unpaired) electrons. The Morgan fingerprint density at radius 1 is 1.30 bits per heavy atom. The Balaban J connectivity index is 1.54. The molecule has 27 heavy (non-hydrogen) atoms. The molecule has 2 aromatic rings. The molecule has 0 bridgehead atoms. The van der Waals surface area contributed by atoms with Gasteiger partial charge in [-0.15, -0.1) is 0 Å². The van der Waals surface area contributed by atoms with Gasteiger partial charge in [-0.2, -0.15) is 4.98 Å². The number of amidine groups is 1. The number of ether oxygens (including phenoxy) is 1. The lowest BCUT2D eigenvalue weighted by molar-refractivity contribution is 0.0689. The summed E-state index contributed by atoms with van der Waals surface area (Å²) >= 11 is 0. The minimum absolute atomic E-state index is 0.185. The Kier molecular flexibility index (Phi) is 6.26. The molecule has 0 amide bonds. The van der Waals surface area contributed by atoms with Gasteiger partial charge in [-0.3, -0.25) is 0 Å². The third kappa shape index (κ3) is 4.98. The number of rotatable bonds is 9. The number of hydrogen-bond donors (Lipinski definition) is 1. The molecule has 0 spiro atoms. The molecule has 1 N–H and O–H groups in total. The monoisotopic (exact) mass is 365 g/mol. The SMILES string of the molecule is CCCCN(CCCOc1cc#cc(C(=O)O)n1)C1=Nc2ccccc2C1. The summed E-state index contributed by atoms with van der Waals surface area (Å²) in [7, 11) is 0.